The van der Waals surface area contributed by atoms with Gasteiger partial charge in [0.25, 0.3) is 0 Å². The van der Waals surface area contributed by atoms with Gasteiger partial charge < -0.3 is 10.1 Å². The van der Waals surface area contributed by atoms with Crippen molar-refractivity contribution in [2.75, 3.05) is 12.9 Å². The van der Waals surface area contributed by atoms with E-state index in [9.17, 15) is 4.79 Å². The van der Waals surface area contributed by atoms with Crippen LogP contribution in [0.1, 0.15) is 18.5 Å². The van der Waals surface area contributed by atoms with Crippen molar-refractivity contribution in [3.63, 3.8) is 0 Å². The largest absolute Gasteiger partial charge is 0.497 e. The van der Waals surface area contributed by atoms with Crippen LogP contribution < -0.4 is 10.1 Å². The van der Waals surface area contributed by atoms with Gasteiger partial charge in [-0.15, -0.1) is 5.10 Å². The highest BCUT2D eigenvalue weighted by atomic mass is 79.9. The zero-order chi connectivity index (χ0) is 19.2. The maximum atomic E-state index is 12.2. The number of H-pyrrole nitrogens is 1. The van der Waals surface area contributed by atoms with Gasteiger partial charge in [0, 0.05) is 10.0 Å². The van der Waals surface area contributed by atoms with Crippen molar-refractivity contribution >= 4 is 33.6 Å². The van der Waals surface area contributed by atoms with Crippen molar-refractivity contribution in [1.82, 2.24) is 20.5 Å². The molecule has 0 fully saturated rings. The number of methoxy groups -OCH3 is 1. The molecule has 0 saturated heterocycles. The van der Waals surface area contributed by atoms with Crippen LogP contribution in [0.15, 0.2) is 58.2 Å². The van der Waals surface area contributed by atoms with Crippen LogP contribution in [0, 0.1) is 0 Å². The normalized spacial score (nSPS) is 11.8. The summed E-state index contributed by atoms with van der Waals surface area (Å²) in [6, 6.07) is 15.4. The number of carbonyl (C=O) groups excluding carboxylic acids is 1. The number of benzene rings is 2. The Morgan fingerprint density at radius 2 is 1.93 bits per heavy atom. The van der Waals surface area contributed by atoms with Crippen LogP contribution in [0.4, 0.5) is 0 Å². The number of rotatable bonds is 7. The zero-order valence-corrected chi connectivity index (χ0v) is 17.3. The topological polar surface area (TPSA) is 79.9 Å². The van der Waals surface area contributed by atoms with Gasteiger partial charge in [0.05, 0.1) is 18.9 Å². The van der Waals surface area contributed by atoms with Gasteiger partial charge in [0.1, 0.15) is 5.75 Å². The van der Waals surface area contributed by atoms with E-state index in [1.807, 2.05) is 55.5 Å². The summed E-state index contributed by atoms with van der Waals surface area (Å²) in [7, 11) is 1.63. The van der Waals surface area contributed by atoms with E-state index in [1.165, 1.54) is 11.8 Å². The summed E-state index contributed by atoms with van der Waals surface area (Å²) in [5, 5.41) is 10.6. The summed E-state index contributed by atoms with van der Waals surface area (Å²) in [5.74, 6) is 1.63. The van der Waals surface area contributed by atoms with Gasteiger partial charge in [-0.3, -0.25) is 9.89 Å². The minimum absolute atomic E-state index is 0.0618. The molecule has 0 bridgehead atoms. The number of hydrogen-bond acceptors (Lipinski definition) is 5. The van der Waals surface area contributed by atoms with Crippen molar-refractivity contribution in [3.05, 3.63) is 58.6 Å². The number of carbonyl (C=O) groups is 1. The molecule has 2 aromatic carbocycles. The van der Waals surface area contributed by atoms with E-state index in [2.05, 4.69) is 36.4 Å². The molecule has 0 aliphatic heterocycles. The number of nitrogens with one attached hydrogen (secondary N) is 2. The number of thioether (sulfide) groups is 1. The lowest BCUT2D eigenvalue weighted by atomic mass is 10.1. The summed E-state index contributed by atoms with van der Waals surface area (Å²) in [5.41, 5.74) is 1.96. The predicted octanol–water partition coefficient (Wildman–Crippen LogP) is 4.21. The summed E-state index contributed by atoms with van der Waals surface area (Å²) in [4.78, 5) is 16.6. The highest BCUT2D eigenvalue weighted by molar-refractivity contribution is 9.10. The third-order valence-electron chi connectivity index (χ3n) is 3.91. The molecule has 6 nitrogen and oxygen atoms in total. The second-order valence-electron chi connectivity index (χ2n) is 5.82. The molecule has 0 saturated carbocycles. The molecule has 0 aliphatic rings. The fourth-order valence-corrected chi connectivity index (χ4v) is 3.31. The smallest absolute Gasteiger partial charge is 0.230 e. The van der Waals surface area contributed by atoms with Gasteiger partial charge in [-0.05, 0) is 48.9 Å². The van der Waals surface area contributed by atoms with Gasteiger partial charge in [-0.2, -0.15) is 0 Å². The highest BCUT2D eigenvalue weighted by Gasteiger charge is 2.12. The van der Waals surface area contributed by atoms with Crippen molar-refractivity contribution in [2.45, 2.75) is 18.1 Å². The second kappa shape index (κ2) is 9.05. The Kier molecular flexibility index (Phi) is 6.52. The van der Waals surface area contributed by atoms with Crippen LogP contribution in [0.25, 0.3) is 11.4 Å². The lowest BCUT2D eigenvalue weighted by molar-refractivity contribution is -0.119. The van der Waals surface area contributed by atoms with Crippen LogP contribution in [-0.4, -0.2) is 34.0 Å². The predicted molar refractivity (Wildman–Crippen MR) is 110 cm³/mol. The number of halogens is 1. The van der Waals surface area contributed by atoms with E-state index in [4.69, 9.17) is 4.74 Å². The summed E-state index contributed by atoms with van der Waals surface area (Å²) in [6.45, 7) is 1.96. The maximum absolute atomic E-state index is 12.2. The summed E-state index contributed by atoms with van der Waals surface area (Å²) >= 11 is 4.70. The first-order valence-corrected chi connectivity index (χ1v) is 10.1. The van der Waals surface area contributed by atoms with Gasteiger partial charge >= 0.3 is 0 Å². The van der Waals surface area contributed by atoms with Crippen LogP contribution >= 0.6 is 27.7 Å². The van der Waals surface area contributed by atoms with Gasteiger partial charge in [0.2, 0.25) is 11.1 Å². The fourth-order valence-electron chi connectivity index (χ4n) is 2.44. The zero-order valence-electron chi connectivity index (χ0n) is 14.9. The lowest BCUT2D eigenvalue weighted by Crippen LogP contribution is -2.28. The molecule has 1 atom stereocenters. The molecule has 3 rings (SSSR count). The van der Waals surface area contributed by atoms with Crippen LogP contribution in [-0.2, 0) is 4.79 Å². The number of nitrogens with zero attached hydrogens (tertiary/aromatic N) is 2. The van der Waals surface area contributed by atoms with Crippen LogP contribution in [0.3, 0.4) is 0 Å². The summed E-state index contributed by atoms with van der Waals surface area (Å²) in [6.07, 6.45) is 0. The minimum Gasteiger partial charge on any atom is -0.497 e. The molecule has 1 amide bonds. The molecule has 2 N–H and O–H groups in total. The van der Waals surface area contributed by atoms with E-state index in [-0.39, 0.29) is 17.7 Å². The molecule has 0 spiro atoms. The van der Waals surface area contributed by atoms with Crippen molar-refractivity contribution < 1.29 is 9.53 Å². The third kappa shape index (κ3) is 5.33. The van der Waals surface area contributed by atoms with Gasteiger partial charge in [-0.1, -0.05) is 39.8 Å². The molecule has 1 unspecified atom stereocenters. The molecular formula is C19H19BrN4O2S. The number of amides is 1. The minimum atomic E-state index is -0.0637. The first-order valence-electron chi connectivity index (χ1n) is 8.29. The van der Waals surface area contributed by atoms with Gasteiger partial charge in [-0.25, -0.2) is 4.98 Å². The number of aromatic nitrogens is 3. The molecule has 8 heteroatoms. The molecular weight excluding hydrogens is 428 g/mol. The fraction of sp³-hybridized carbons (Fsp3) is 0.211. The molecule has 3 aromatic rings. The number of aromatic amines is 1. The Balaban J connectivity index is 1.53. The Hall–Kier alpha value is -2.32. The number of ether oxygens (including phenoxy) is 1. The second-order valence-corrected chi connectivity index (χ2v) is 7.68. The van der Waals surface area contributed by atoms with E-state index >= 15 is 0 Å². The van der Waals surface area contributed by atoms with E-state index in [0.29, 0.717) is 11.0 Å². The van der Waals surface area contributed by atoms with Crippen LogP contribution in [0.5, 0.6) is 5.75 Å². The average Bonchev–Trinajstić information content (AvgIpc) is 3.16. The number of hydrogen-bond donors (Lipinski definition) is 2. The molecule has 1 aromatic heterocycles. The Bertz CT molecular complexity index is 897. The van der Waals surface area contributed by atoms with Gasteiger partial charge in [0.15, 0.2) is 5.82 Å². The van der Waals surface area contributed by atoms with Crippen molar-refractivity contribution in [1.29, 1.82) is 0 Å². The highest BCUT2D eigenvalue weighted by Crippen LogP contribution is 2.22. The molecule has 0 radical (unpaired) electrons. The Morgan fingerprint density at radius 3 is 2.59 bits per heavy atom. The molecule has 1 heterocycles. The van der Waals surface area contributed by atoms with E-state index < -0.39 is 0 Å². The first kappa shape index (κ1) is 19.4. The summed E-state index contributed by atoms with van der Waals surface area (Å²) < 4.78 is 6.16. The molecule has 0 aliphatic carbocycles. The van der Waals surface area contributed by atoms with E-state index in [1.54, 1.807) is 7.11 Å². The van der Waals surface area contributed by atoms with Crippen LogP contribution in [0.2, 0.25) is 0 Å². The molecule has 27 heavy (non-hydrogen) atoms. The Labute approximate surface area is 170 Å². The Morgan fingerprint density at radius 1 is 1.22 bits per heavy atom. The lowest BCUT2D eigenvalue weighted by Gasteiger charge is -2.14. The maximum Gasteiger partial charge on any atom is 0.230 e. The van der Waals surface area contributed by atoms with E-state index in [0.717, 1.165) is 21.3 Å². The third-order valence-corrected chi connectivity index (χ3v) is 5.28. The molecule has 140 valence electrons. The standard InChI is InChI=1S/C19H19BrN4O2S/c1-12(13-3-7-15(20)8-4-13)21-17(25)11-27-19-22-18(23-24-19)14-5-9-16(26-2)10-6-14/h3-10,12H,11H2,1-2H3,(H,21,25)(H,22,23,24). The quantitative estimate of drug-likeness (QED) is 0.531. The van der Waals surface area contributed by atoms with Crippen molar-refractivity contribution in [3.8, 4) is 17.1 Å². The first-order chi connectivity index (χ1) is 13.0. The monoisotopic (exact) mass is 446 g/mol. The average molecular weight is 447 g/mol. The SMILES string of the molecule is COc1ccc(-c2nc(SCC(=O)NC(C)c3ccc(Br)cc3)n[nH]2)cc1. The van der Waals surface area contributed by atoms with Crippen molar-refractivity contribution in [2.24, 2.45) is 0 Å².